The fourth-order valence-electron chi connectivity index (χ4n) is 4.94. The number of ether oxygens (including phenoxy) is 1. The molecule has 39 heavy (non-hydrogen) atoms. The van der Waals surface area contributed by atoms with Crippen LogP contribution < -0.4 is 5.32 Å². The Bertz CT molecular complexity index is 1580. The van der Waals surface area contributed by atoms with Gasteiger partial charge < -0.3 is 15.0 Å². The molecule has 2 aromatic heterocycles. The van der Waals surface area contributed by atoms with E-state index in [9.17, 15) is 22.8 Å². The van der Waals surface area contributed by atoms with Gasteiger partial charge in [-0.3, -0.25) is 9.59 Å². The molecule has 1 saturated heterocycles. The van der Waals surface area contributed by atoms with Crippen molar-refractivity contribution in [3.8, 4) is 16.9 Å². The van der Waals surface area contributed by atoms with Crippen LogP contribution in [0.3, 0.4) is 0 Å². The highest BCUT2D eigenvalue weighted by atomic mass is 19.1. The molecule has 1 fully saturated rings. The number of hydrogen-bond donors (Lipinski definition) is 1. The normalized spacial score (nSPS) is 18.5. The summed E-state index contributed by atoms with van der Waals surface area (Å²) in [5.74, 6) is -2.52. The van der Waals surface area contributed by atoms with Crippen LogP contribution in [0.15, 0.2) is 60.9 Å². The van der Waals surface area contributed by atoms with Crippen LogP contribution in [0.1, 0.15) is 29.8 Å². The topological polar surface area (TPSA) is 89.3 Å². The molecule has 2 atom stereocenters. The van der Waals surface area contributed by atoms with Crippen LogP contribution in [-0.4, -0.2) is 44.1 Å². The number of amides is 2. The average Bonchev–Trinajstić information content (AvgIpc) is 3.57. The standard InChI is InChI=1S/C28H22F3N5O3/c1-15-27(38)35(7-6-16-2-4-23-18(8-16)9-25(37)33-23)28(39-15)22-14-36(21-11-19(29)10-20(30)12-21)34-26(22)17-3-5-24(31)32-13-17/h2-5,8,10-15,28H,6-7,9H2,1H3,(H,33,37)/t15-,28+/m1/s1. The lowest BCUT2D eigenvalue weighted by Gasteiger charge is -2.23. The maximum Gasteiger partial charge on any atom is 0.253 e. The molecule has 0 saturated carbocycles. The minimum absolute atomic E-state index is 0.0582. The fourth-order valence-corrected chi connectivity index (χ4v) is 4.94. The van der Waals surface area contributed by atoms with Crippen LogP contribution in [0.2, 0.25) is 0 Å². The molecule has 4 aromatic rings. The van der Waals surface area contributed by atoms with E-state index in [-0.39, 0.29) is 17.5 Å². The van der Waals surface area contributed by atoms with Crippen molar-refractivity contribution in [3.63, 3.8) is 0 Å². The van der Waals surface area contributed by atoms with Gasteiger partial charge in [0.1, 0.15) is 23.4 Å². The Hall–Kier alpha value is -4.51. The number of aromatic nitrogens is 3. The Balaban J connectivity index is 1.36. The van der Waals surface area contributed by atoms with Gasteiger partial charge in [-0.15, -0.1) is 0 Å². The van der Waals surface area contributed by atoms with Gasteiger partial charge in [-0.1, -0.05) is 12.1 Å². The molecule has 0 bridgehead atoms. The molecule has 11 heteroatoms. The highest BCUT2D eigenvalue weighted by Crippen LogP contribution is 2.37. The molecule has 0 radical (unpaired) electrons. The molecule has 8 nitrogen and oxygen atoms in total. The predicted octanol–water partition coefficient (Wildman–Crippen LogP) is 4.33. The fraction of sp³-hybridized carbons (Fsp3) is 0.214. The second-order valence-electron chi connectivity index (χ2n) is 9.50. The molecule has 2 amide bonds. The number of nitrogens with zero attached hydrogens (tertiary/aromatic N) is 4. The summed E-state index contributed by atoms with van der Waals surface area (Å²) in [6.07, 6.45) is 2.04. The lowest BCUT2D eigenvalue weighted by atomic mass is 10.0. The number of nitrogens with one attached hydrogen (secondary N) is 1. The second kappa shape index (κ2) is 9.66. The molecule has 198 valence electrons. The van der Waals surface area contributed by atoms with Gasteiger partial charge in [0.15, 0.2) is 6.23 Å². The van der Waals surface area contributed by atoms with Crippen molar-refractivity contribution in [2.75, 3.05) is 11.9 Å². The number of hydrogen-bond acceptors (Lipinski definition) is 5. The van der Waals surface area contributed by atoms with Gasteiger partial charge >= 0.3 is 0 Å². The number of carbonyl (C=O) groups is 2. The molecule has 2 aliphatic rings. The molecule has 2 aliphatic heterocycles. The van der Waals surface area contributed by atoms with Gasteiger partial charge in [-0.05, 0) is 54.8 Å². The highest BCUT2D eigenvalue weighted by Gasteiger charge is 2.40. The second-order valence-corrected chi connectivity index (χ2v) is 9.50. The SMILES string of the molecule is C[C@H]1O[C@@H](c2cn(-c3cc(F)cc(F)c3)nc2-c2ccc(F)nc2)N(CCc2ccc3c(c2)CC(=O)N3)C1=O. The van der Waals surface area contributed by atoms with E-state index in [1.54, 1.807) is 18.0 Å². The van der Waals surface area contributed by atoms with Gasteiger partial charge in [-0.25, -0.2) is 18.4 Å². The van der Waals surface area contributed by atoms with Gasteiger partial charge in [0, 0.05) is 41.8 Å². The number of pyridine rings is 1. The predicted molar refractivity (Wildman–Crippen MR) is 134 cm³/mol. The van der Waals surface area contributed by atoms with Crippen molar-refractivity contribution in [2.24, 2.45) is 0 Å². The van der Waals surface area contributed by atoms with Crippen LogP contribution >= 0.6 is 0 Å². The maximum atomic E-state index is 14.0. The third kappa shape index (κ3) is 4.76. The first-order valence-corrected chi connectivity index (χ1v) is 12.3. The van der Waals surface area contributed by atoms with Crippen LogP contribution in [-0.2, 0) is 27.2 Å². The first kappa shape index (κ1) is 24.8. The maximum absolute atomic E-state index is 14.0. The summed E-state index contributed by atoms with van der Waals surface area (Å²) in [5, 5.41) is 7.32. The molecule has 0 aliphatic carbocycles. The minimum atomic E-state index is -0.864. The van der Waals surface area contributed by atoms with Crippen molar-refractivity contribution in [1.29, 1.82) is 0 Å². The Morgan fingerprint density at radius 3 is 2.59 bits per heavy atom. The number of fused-ring (bicyclic) bond motifs is 1. The molecule has 0 spiro atoms. The summed E-state index contributed by atoms with van der Waals surface area (Å²) in [5.41, 5.74) is 3.98. The van der Waals surface area contributed by atoms with Gasteiger partial charge in [0.25, 0.3) is 5.91 Å². The number of anilines is 1. The van der Waals surface area contributed by atoms with Crippen molar-refractivity contribution < 1.29 is 27.5 Å². The van der Waals surface area contributed by atoms with E-state index >= 15 is 0 Å². The van der Waals surface area contributed by atoms with Crippen molar-refractivity contribution in [1.82, 2.24) is 19.7 Å². The van der Waals surface area contributed by atoms with Crippen LogP contribution in [0, 0.1) is 17.6 Å². The summed E-state index contributed by atoms with van der Waals surface area (Å²) >= 11 is 0. The quantitative estimate of drug-likeness (QED) is 0.373. The summed E-state index contributed by atoms with van der Waals surface area (Å²) < 4.78 is 48.9. The van der Waals surface area contributed by atoms with E-state index in [0.29, 0.717) is 36.2 Å². The molecule has 4 heterocycles. The first-order chi connectivity index (χ1) is 18.7. The van der Waals surface area contributed by atoms with Crippen molar-refractivity contribution in [2.45, 2.75) is 32.1 Å². The third-order valence-corrected chi connectivity index (χ3v) is 6.80. The lowest BCUT2D eigenvalue weighted by molar-refractivity contribution is -0.130. The van der Waals surface area contributed by atoms with Gasteiger partial charge in [-0.2, -0.15) is 9.49 Å². The molecule has 2 aromatic carbocycles. The van der Waals surface area contributed by atoms with E-state index < -0.39 is 29.9 Å². The van der Waals surface area contributed by atoms with Crippen molar-refractivity contribution in [3.05, 3.63) is 95.2 Å². The molecule has 1 N–H and O–H groups in total. The van der Waals surface area contributed by atoms with E-state index in [4.69, 9.17) is 4.74 Å². The summed E-state index contributed by atoms with van der Waals surface area (Å²) in [6, 6.07) is 11.4. The van der Waals surface area contributed by atoms with E-state index in [1.807, 2.05) is 18.2 Å². The van der Waals surface area contributed by atoms with Crippen molar-refractivity contribution >= 4 is 17.5 Å². The molecular formula is C28H22F3N5O3. The monoisotopic (exact) mass is 533 g/mol. The zero-order valence-electron chi connectivity index (χ0n) is 20.7. The minimum Gasteiger partial charge on any atom is -0.341 e. The number of halogens is 3. The number of carbonyl (C=O) groups excluding carboxylic acids is 2. The third-order valence-electron chi connectivity index (χ3n) is 6.80. The molecule has 6 rings (SSSR count). The van der Waals surface area contributed by atoms with Gasteiger partial charge in [0.2, 0.25) is 11.9 Å². The van der Waals surface area contributed by atoms with E-state index in [0.717, 1.165) is 35.0 Å². The van der Waals surface area contributed by atoms with E-state index in [1.165, 1.54) is 23.0 Å². The zero-order valence-corrected chi connectivity index (χ0v) is 20.7. The number of rotatable bonds is 6. The Kier molecular flexibility index (Phi) is 6.15. The van der Waals surface area contributed by atoms with E-state index in [2.05, 4.69) is 15.4 Å². The van der Waals surface area contributed by atoms with Crippen LogP contribution in [0.4, 0.5) is 18.9 Å². The van der Waals surface area contributed by atoms with Gasteiger partial charge in [0.05, 0.1) is 12.1 Å². The molecule has 0 unspecified atom stereocenters. The first-order valence-electron chi connectivity index (χ1n) is 12.3. The summed E-state index contributed by atoms with van der Waals surface area (Å²) in [6.45, 7) is 1.95. The lowest BCUT2D eigenvalue weighted by Crippen LogP contribution is -2.32. The zero-order chi connectivity index (χ0) is 27.3. The Labute approximate surface area is 221 Å². The van der Waals surface area contributed by atoms with Crippen LogP contribution in [0.25, 0.3) is 16.9 Å². The summed E-state index contributed by atoms with van der Waals surface area (Å²) in [7, 11) is 0. The smallest absolute Gasteiger partial charge is 0.253 e. The Morgan fingerprint density at radius 1 is 1.05 bits per heavy atom. The summed E-state index contributed by atoms with van der Waals surface area (Å²) in [4.78, 5) is 30.2. The average molecular weight is 534 g/mol. The largest absolute Gasteiger partial charge is 0.341 e. The number of benzene rings is 2. The Morgan fingerprint density at radius 2 is 1.85 bits per heavy atom. The van der Waals surface area contributed by atoms with Crippen LogP contribution in [0.5, 0.6) is 0 Å². The molecular weight excluding hydrogens is 511 g/mol. The highest BCUT2D eigenvalue weighted by molar-refractivity contribution is 5.99.